The van der Waals surface area contributed by atoms with E-state index in [4.69, 9.17) is 5.73 Å². The lowest BCUT2D eigenvalue weighted by atomic mass is 9.97. The van der Waals surface area contributed by atoms with Crippen LogP contribution in [0, 0.1) is 5.92 Å². The molecule has 1 saturated carbocycles. The van der Waals surface area contributed by atoms with Gasteiger partial charge in [0.05, 0.1) is 15.6 Å². The maximum atomic E-state index is 12.1. The van der Waals surface area contributed by atoms with Crippen molar-refractivity contribution in [2.45, 2.75) is 64.8 Å². The molecule has 0 aromatic carbocycles. The zero-order valence-corrected chi connectivity index (χ0v) is 13.4. The number of thiophene rings is 1. The van der Waals surface area contributed by atoms with Gasteiger partial charge in [0.1, 0.15) is 0 Å². The molecule has 1 aromatic rings. The third-order valence-electron chi connectivity index (χ3n) is 3.96. The van der Waals surface area contributed by atoms with Gasteiger partial charge >= 0.3 is 0 Å². The van der Waals surface area contributed by atoms with E-state index in [0.717, 1.165) is 5.00 Å². The minimum absolute atomic E-state index is 0.00481. The van der Waals surface area contributed by atoms with Crippen molar-refractivity contribution >= 4 is 27.8 Å². The van der Waals surface area contributed by atoms with Crippen LogP contribution in [0.1, 0.15) is 68.5 Å². The number of rotatable bonds is 4. The van der Waals surface area contributed by atoms with Gasteiger partial charge in [0, 0.05) is 12.0 Å². The molecule has 1 aromatic heterocycles. The van der Waals surface area contributed by atoms with Gasteiger partial charge in [-0.1, -0.05) is 46.0 Å². The second kappa shape index (κ2) is 7.11. The van der Waals surface area contributed by atoms with Gasteiger partial charge < -0.3 is 11.1 Å². The molecule has 1 aliphatic carbocycles. The lowest BCUT2D eigenvalue weighted by Crippen LogP contribution is -2.19. The molecule has 0 saturated heterocycles. The summed E-state index contributed by atoms with van der Waals surface area (Å²) in [7, 11) is 0. The molecule has 0 amide bonds. The van der Waals surface area contributed by atoms with Gasteiger partial charge in [-0.2, -0.15) is 0 Å². The van der Waals surface area contributed by atoms with E-state index in [-0.39, 0.29) is 11.7 Å². The van der Waals surface area contributed by atoms with Gasteiger partial charge in [-0.25, -0.2) is 0 Å². The van der Waals surface area contributed by atoms with E-state index >= 15 is 0 Å². The van der Waals surface area contributed by atoms with E-state index in [1.807, 2.05) is 19.9 Å². The molecule has 4 heteroatoms. The highest BCUT2D eigenvalue weighted by Gasteiger charge is 2.19. The number of hydrogen-bond donors (Lipinski definition) is 2. The molecule has 0 atom stereocenters. The summed E-state index contributed by atoms with van der Waals surface area (Å²) in [5.41, 5.74) is 6.62. The lowest BCUT2D eigenvalue weighted by Gasteiger charge is -2.21. The molecule has 1 fully saturated rings. The van der Waals surface area contributed by atoms with E-state index in [1.165, 1.54) is 56.3 Å². The van der Waals surface area contributed by atoms with Crippen LogP contribution >= 0.6 is 11.3 Å². The van der Waals surface area contributed by atoms with Crippen molar-refractivity contribution in [2.24, 2.45) is 5.92 Å². The van der Waals surface area contributed by atoms with Crippen molar-refractivity contribution < 1.29 is 4.79 Å². The SMILES string of the molecule is CC(C)C(=O)c1sc(NC2CCCCCCC2)cc1N. The standard InChI is InChI=1S/C16H26N2OS/c1-11(2)15(19)16-13(17)10-14(20-16)18-12-8-6-4-3-5-7-9-12/h10-12,18H,3-9,17H2,1-2H3. The molecular weight excluding hydrogens is 268 g/mol. The molecule has 0 spiro atoms. The van der Waals surface area contributed by atoms with Crippen LogP contribution in [0.3, 0.4) is 0 Å². The maximum absolute atomic E-state index is 12.1. The number of nitrogen functional groups attached to an aromatic ring is 1. The summed E-state index contributed by atoms with van der Waals surface area (Å²) in [5, 5.41) is 4.64. The Hall–Kier alpha value is -1.03. The summed E-state index contributed by atoms with van der Waals surface area (Å²) in [6, 6.07) is 2.47. The summed E-state index contributed by atoms with van der Waals surface area (Å²) in [6.07, 6.45) is 9.14. The predicted molar refractivity (Wildman–Crippen MR) is 87.6 cm³/mol. The Balaban J connectivity index is 2.02. The van der Waals surface area contributed by atoms with Crippen molar-refractivity contribution in [1.29, 1.82) is 0 Å². The molecule has 1 aliphatic rings. The average Bonchev–Trinajstić information content (AvgIpc) is 2.72. The van der Waals surface area contributed by atoms with Crippen LogP contribution in [-0.2, 0) is 0 Å². The van der Waals surface area contributed by atoms with Crippen molar-refractivity contribution in [3.8, 4) is 0 Å². The number of anilines is 2. The zero-order chi connectivity index (χ0) is 14.5. The quantitative estimate of drug-likeness (QED) is 0.792. The molecule has 1 heterocycles. The number of ketones is 1. The van der Waals surface area contributed by atoms with Crippen LogP contribution < -0.4 is 11.1 Å². The second-order valence-corrected chi connectivity index (χ2v) is 7.15. The van der Waals surface area contributed by atoms with Crippen molar-refractivity contribution in [2.75, 3.05) is 11.1 Å². The van der Waals surface area contributed by atoms with Gasteiger partial charge in [0.15, 0.2) is 5.78 Å². The number of hydrogen-bond acceptors (Lipinski definition) is 4. The fraction of sp³-hybridized carbons (Fsp3) is 0.688. The van der Waals surface area contributed by atoms with E-state index in [1.54, 1.807) is 0 Å². The number of carbonyl (C=O) groups is 1. The molecule has 0 unspecified atom stereocenters. The number of Topliss-reactive ketones (excluding diaryl/α,β-unsaturated/α-hetero) is 1. The fourth-order valence-corrected chi connectivity index (χ4v) is 3.88. The van der Waals surface area contributed by atoms with Crippen LogP contribution in [0.2, 0.25) is 0 Å². The van der Waals surface area contributed by atoms with Gasteiger partial charge in [0.2, 0.25) is 0 Å². The van der Waals surface area contributed by atoms with Crippen molar-refractivity contribution in [3.05, 3.63) is 10.9 Å². The first-order valence-electron chi connectivity index (χ1n) is 7.78. The topological polar surface area (TPSA) is 55.1 Å². The molecular formula is C16H26N2OS. The largest absolute Gasteiger partial charge is 0.397 e. The highest BCUT2D eigenvalue weighted by Crippen LogP contribution is 2.32. The highest BCUT2D eigenvalue weighted by molar-refractivity contribution is 7.18. The Bertz CT molecular complexity index is 445. The van der Waals surface area contributed by atoms with Crippen molar-refractivity contribution in [1.82, 2.24) is 0 Å². The monoisotopic (exact) mass is 294 g/mol. The minimum atomic E-state index is 0.00481. The Morgan fingerprint density at radius 2 is 1.85 bits per heavy atom. The van der Waals surface area contributed by atoms with E-state index in [9.17, 15) is 4.79 Å². The first-order valence-corrected chi connectivity index (χ1v) is 8.59. The van der Waals surface area contributed by atoms with E-state index < -0.39 is 0 Å². The molecule has 3 N–H and O–H groups in total. The second-order valence-electron chi connectivity index (χ2n) is 6.10. The van der Waals surface area contributed by atoms with Crippen LogP contribution in [0.4, 0.5) is 10.7 Å². The normalized spacial score (nSPS) is 17.8. The van der Waals surface area contributed by atoms with Crippen LogP contribution in [0.5, 0.6) is 0 Å². The third kappa shape index (κ3) is 3.98. The Labute approximate surface area is 125 Å². The summed E-state index contributed by atoms with van der Waals surface area (Å²) in [4.78, 5) is 12.8. The summed E-state index contributed by atoms with van der Waals surface area (Å²) < 4.78 is 0. The summed E-state index contributed by atoms with van der Waals surface area (Å²) in [6.45, 7) is 3.84. The smallest absolute Gasteiger partial charge is 0.177 e. The minimum Gasteiger partial charge on any atom is -0.397 e. The van der Waals surface area contributed by atoms with Crippen LogP contribution in [0.25, 0.3) is 0 Å². The zero-order valence-electron chi connectivity index (χ0n) is 12.6. The first-order chi connectivity index (χ1) is 9.58. The van der Waals surface area contributed by atoms with Gasteiger partial charge in [0.25, 0.3) is 0 Å². The Kier molecular flexibility index (Phi) is 5.46. The maximum Gasteiger partial charge on any atom is 0.177 e. The van der Waals surface area contributed by atoms with E-state index in [0.29, 0.717) is 16.6 Å². The predicted octanol–water partition coefficient (Wildman–Crippen LogP) is 4.69. The number of nitrogens with two attached hydrogens (primary N) is 1. The van der Waals surface area contributed by atoms with Crippen LogP contribution in [-0.4, -0.2) is 11.8 Å². The van der Waals surface area contributed by atoms with Gasteiger partial charge in [-0.15, -0.1) is 11.3 Å². The van der Waals surface area contributed by atoms with E-state index in [2.05, 4.69) is 5.32 Å². The lowest BCUT2D eigenvalue weighted by molar-refractivity contribution is 0.0944. The molecule has 2 rings (SSSR count). The fourth-order valence-electron chi connectivity index (χ4n) is 2.73. The van der Waals surface area contributed by atoms with Gasteiger partial charge in [-0.3, -0.25) is 4.79 Å². The number of nitrogens with one attached hydrogen (secondary N) is 1. The molecule has 0 bridgehead atoms. The Morgan fingerprint density at radius 1 is 1.25 bits per heavy atom. The molecule has 20 heavy (non-hydrogen) atoms. The average molecular weight is 294 g/mol. The Morgan fingerprint density at radius 3 is 2.45 bits per heavy atom. The first kappa shape index (κ1) is 15.4. The third-order valence-corrected chi connectivity index (χ3v) is 5.06. The highest BCUT2D eigenvalue weighted by atomic mass is 32.1. The molecule has 3 nitrogen and oxygen atoms in total. The molecule has 0 aliphatic heterocycles. The van der Waals surface area contributed by atoms with Gasteiger partial charge in [-0.05, 0) is 18.9 Å². The van der Waals surface area contributed by atoms with Crippen molar-refractivity contribution in [3.63, 3.8) is 0 Å². The summed E-state index contributed by atoms with van der Waals surface area (Å²) in [5.74, 6) is 0.156. The molecule has 0 radical (unpaired) electrons. The van der Waals surface area contributed by atoms with Crippen LogP contribution in [0.15, 0.2) is 6.07 Å². The number of carbonyl (C=O) groups excluding carboxylic acids is 1. The molecule has 112 valence electrons. The summed E-state index contributed by atoms with van der Waals surface area (Å²) >= 11 is 1.52.